The fraction of sp³-hybridized carbons (Fsp3) is 0.263. The van der Waals surface area contributed by atoms with Crippen molar-refractivity contribution in [2.75, 3.05) is 31.1 Å². The van der Waals surface area contributed by atoms with E-state index in [1.54, 1.807) is 18.5 Å². The number of nitrogens with one attached hydrogen (secondary N) is 1. The summed E-state index contributed by atoms with van der Waals surface area (Å²) < 4.78 is 5.81. The lowest BCUT2D eigenvalue weighted by Gasteiger charge is -2.34. The van der Waals surface area contributed by atoms with Gasteiger partial charge in [0.15, 0.2) is 0 Å². The molecule has 0 atom stereocenters. The summed E-state index contributed by atoms with van der Waals surface area (Å²) in [5, 5.41) is 7.33. The topological polar surface area (TPSA) is 87.2 Å². The van der Waals surface area contributed by atoms with E-state index in [9.17, 15) is 4.79 Å². The molecule has 4 heterocycles. The Morgan fingerprint density at radius 1 is 1.04 bits per heavy atom. The quantitative estimate of drug-likeness (QED) is 0.747. The van der Waals surface area contributed by atoms with Crippen LogP contribution in [0.1, 0.15) is 16.1 Å². The molecule has 2 aliphatic heterocycles. The molecule has 8 heteroatoms. The van der Waals surface area contributed by atoms with Gasteiger partial charge in [0.2, 0.25) is 5.95 Å². The predicted molar refractivity (Wildman–Crippen MR) is 98.5 cm³/mol. The highest BCUT2D eigenvalue weighted by atomic mass is 16.5. The van der Waals surface area contributed by atoms with Crippen molar-refractivity contribution < 1.29 is 9.53 Å². The molecule has 5 rings (SSSR count). The third kappa shape index (κ3) is 2.69. The maximum Gasteiger partial charge on any atom is 0.272 e. The highest BCUT2D eigenvalue weighted by Gasteiger charge is 2.30. The fourth-order valence-corrected chi connectivity index (χ4v) is 3.57. The molecule has 27 heavy (non-hydrogen) atoms. The Hall–Kier alpha value is -3.42. The molecule has 1 fully saturated rings. The van der Waals surface area contributed by atoms with E-state index in [0.717, 1.165) is 22.6 Å². The molecule has 1 N–H and O–H groups in total. The van der Waals surface area contributed by atoms with Crippen LogP contribution in [-0.2, 0) is 6.61 Å². The Morgan fingerprint density at radius 2 is 1.81 bits per heavy atom. The van der Waals surface area contributed by atoms with Gasteiger partial charge in [-0.05, 0) is 18.2 Å². The van der Waals surface area contributed by atoms with Crippen LogP contribution in [0.3, 0.4) is 0 Å². The van der Waals surface area contributed by atoms with Crippen molar-refractivity contribution in [3.63, 3.8) is 0 Å². The van der Waals surface area contributed by atoms with Gasteiger partial charge in [0.05, 0.1) is 0 Å². The lowest BCUT2D eigenvalue weighted by atomic mass is 10.0. The molecule has 3 aromatic rings. The van der Waals surface area contributed by atoms with Crippen LogP contribution in [0.4, 0.5) is 5.95 Å². The summed E-state index contributed by atoms with van der Waals surface area (Å²) in [6.07, 6.45) is 3.46. The Labute approximate surface area is 155 Å². The maximum absolute atomic E-state index is 13.0. The van der Waals surface area contributed by atoms with Crippen molar-refractivity contribution in [2.45, 2.75) is 6.61 Å². The molecule has 1 saturated heterocycles. The molecule has 8 nitrogen and oxygen atoms in total. The highest BCUT2D eigenvalue weighted by Crippen LogP contribution is 2.37. The van der Waals surface area contributed by atoms with Gasteiger partial charge in [0.25, 0.3) is 5.91 Å². The van der Waals surface area contributed by atoms with E-state index in [-0.39, 0.29) is 5.91 Å². The predicted octanol–water partition coefficient (Wildman–Crippen LogP) is 1.72. The first-order valence-electron chi connectivity index (χ1n) is 8.92. The number of fused-ring (bicyclic) bond motifs is 3. The first kappa shape index (κ1) is 15.8. The van der Waals surface area contributed by atoms with E-state index in [4.69, 9.17) is 4.74 Å². The summed E-state index contributed by atoms with van der Waals surface area (Å²) in [5.74, 6) is 1.46. The number of nitrogens with zero attached hydrogens (tertiary/aromatic N) is 5. The van der Waals surface area contributed by atoms with Gasteiger partial charge in [-0.2, -0.15) is 5.10 Å². The van der Waals surface area contributed by atoms with Crippen LogP contribution in [0.15, 0.2) is 42.7 Å². The van der Waals surface area contributed by atoms with Crippen LogP contribution >= 0.6 is 0 Å². The number of aromatic amines is 1. The molecular weight excluding hydrogens is 344 g/mol. The van der Waals surface area contributed by atoms with Crippen molar-refractivity contribution in [3.05, 3.63) is 54.0 Å². The smallest absolute Gasteiger partial charge is 0.272 e. The second-order valence-electron chi connectivity index (χ2n) is 6.54. The average molecular weight is 362 g/mol. The number of ether oxygens (including phenoxy) is 1. The third-order valence-corrected chi connectivity index (χ3v) is 5.00. The summed E-state index contributed by atoms with van der Waals surface area (Å²) in [7, 11) is 0. The fourth-order valence-electron chi connectivity index (χ4n) is 3.57. The van der Waals surface area contributed by atoms with Gasteiger partial charge in [0.1, 0.15) is 23.7 Å². The molecule has 1 amide bonds. The summed E-state index contributed by atoms with van der Waals surface area (Å²) in [6.45, 7) is 2.98. The molecule has 0 spiro atoms. The number of H-pyrrole nitrogens is 1. The van der Waals surface area contributed by atoms with Gasteiger partial charge in [-0.1, -0.05) is 12.1 Å². The van der Waals surface area contributed by atoms with E-state index >= 15 is 0 Å². The van der Waals surface area contributed by atoms with Crippen LogP contribution in [0.2, 0.25) is 0 Å². The molecule has 2 aliphatic rings. The molecule has 2 aromatic heterocycles. The summed E-state index contributed by atoms with van der Waals surface area (Å²) in [5.41, 5.74) is 3.06. The zero-order chi connectivity index (χ0) is 18.2. The summed E-state index contributed by atoms with van der Waals surface area (Å²) >= 11 is 0. The first-order chi connectivity index (χ1) is 13.3. The van der Waals surface area contributed by atoms with Gasteiger partial charge in [-0.3, -0.25) is 9.89 Å². The number of hydrogen-bond donors (Lipinski definition) is 1. The van der Waals surface area contributed by atoms with Crippen molar-refractivity contribution >= 4 is 11.9 Å². The van der Waals surface area contributed by atoms with Gasteiger partial charge in [0, 0.05) is 49.7 Å². The maximum atomic E-state index is 13.0. The van der Waals surface area contributed by atoms with Gasteiger partial charge in [-0.25, -0.2) is 9.97 Å². The molecular formula is C19H18N6O2. The molecule has 0 radical (unpaired) electrons. The minimum atomic E-state index is -0.0413. The average Bonchev–Trinajstić information content (AvgIpc) is 3.19. The molecule has 0 saturated carbocycles. The van der Waals surface area contributed by atoms with Crippen molar-refractivity contribution in [1.29, 1.82) is 0 Å². The number of carbonyl (C=O) groups is 1. The van der Waals surface area contributed by atoms with Crippen LogP contribution in [0.25, 0.3) is 11.3 Å². The van der Waals surface area contributed by atoms with E-state index < -0.39 is 0 Å². The summed E-state index contributed by atoms with van der Waals surface area (Å²) in [4.78, 5) is 25.5. The Kier molecular flexibility index (Phi) is 3.74. The van der Waals surface area contributed by atoms with Gasteiger partial charge in [-0.15, -0.1) is 0 Å². The van der Waals surface area contributed by atoms with Crippen molar-refractivity contribution in [3.8, 4) is 17.0 Å². The van der Waals surface area contributed by atoms with Crippen molar-refractivity contribution in [2.24, 2.45) is 0 Å². The number of amides is 1. The Balaban J connectivity index is 1.34. The van der Waals surface area contributed by atoms with Crippen LogP contribution < -0.4 is 9.64 Å². The zero-order valence-electron chi connectivity index (χ0n) is 14.6. The second kappa shape index (κ2) is 6.39. The molecule has 136 valence electrons. The second-order valence-corrected chi connectivity index (χ2v) is 6.54. The number of benzene rings is 1. The molecule has 0 bridgehead atoms. The third-order valence-electron chi connectivity index (χ3n) is 5.00. The minimum Gasteiger partial charge on any atom is -0.488 e. The normalized spacial score (nSPS) is 15.7. The van der Waals surface area contributed by atoms with Crippen molar-refractivity contribution in [1.82, 2.24) is 25.1 Å². The van der Waals surface area contributed by atoms with E-state index in [1.807, 2.05) is 29.2 Å². The SMILES string of the molecule is O=C(c1[nH]nc2c1COc1ccccc1-2)N1CCN(c2ncccn2)CC1. The van der Waals surface area contributed by atoms with Crippen LogP contribution in [0.5, 0.6) is 5.75 Å². The van der Waals surface area contributed by atoms with E-state index in [1.165, 1.54) is 0 Å². The first-order valence-corrected chi connectivity index (χ1v) is 8.92. The standard InChI is InChI=1S/C19H18N6O2/c26-18(24-8-10-25(11-9-24)19-20-6-3-7-21-19)17-14-12-27-15-5-2-1-4-13(15)16(14)22-23-17/h1-7H,8-12H2,(H,22,23). The van der Waals surface area contributed by atoms with Crippen LogP contribution in [-0.4, -0.2) is 57.2 Å². The Bertz CT molecular complexity index is 979. The van der Waals surface area contributed by atoms with E-state index in [0.29, 0.717) is 44.4 Å². The lowest BCUT2D eigenvalue weighted by molar-refractivity contribution is 0.0737. The Morgan fingerprint density at radius 3 is 2.63 bits per heavy atom. The number of hydrogen-bond acceptors (Lipinski definition) is 6. The number of rotatable bonds is 2. The zero-order valence-corrected chi connectivity index (χ0v) is 14.6. The largest absolute Gasteiger partial charge is 0.488 e. The highest BCUT2D eigenvalue weighted by molar-refractivity contribution is 5.96. The summed E-state index contributed by atoms with van der Waals surface area (Å²) in [6, 6.07) is 9.54. The number of aromatic nitrogens is 4. The molecule has 0 unspecified atom stereocenters. The van der Waals surface area contributed by atoms with Gasteiger partial charge >= 0.3 is 0 Å². The lowest BCUT2D eigenvalue weighted by Crippen LogP contribution is -2.49. The number of para-hydroxylation sites is 1. The molecule has 1 aromatic carbocycles. The number of anilines is 1. The minimum absolute atomic E-state index is 0.0413. The monoisotopic (exact) mass is 362 g/mol. The number of piperazine rings is 1. The molecule has 0 aliphatic carbocycles. The van der Waals surface area contributed by atoms with Crippen LogP contribution in [0, 0.1) is 0 Å². The number of carbonyl (C=O) groups excluding carboxylic acids is 1. The van der Waals surface area contributed by atoms with Gasteiger partial charge < -0.3 is 14.5 Å². The van der Waals surface area contributed by atoms with E-state index in [2.05, 4.69) is 25.1 Å².